The van der Waals surface area contributed by atoms with Crippen LogP contribution >= 0.6 is 12.4 Å². The number of esters is 2. The van der Waals surface area contributed by atoms with Gasteiger partial charge in [-0.15, -0.1) is 12.4 Å². The summed E-state index contributed by atoms with van der Waals surface area (Å²) in [5, 5.41) is 0. The summed E-state index contributed by atoms with van der Waals surface area (Å²) < 4.78 is 10.4. The number of halogens is 1. The second-order valence-electron chi connectivity index (χ2n) is 7.21. The molecule has 7 heteroatoms. The largest absolute Gasteiger partial charge is 0.459 e. The molecule has 4 N–H and O–H groups in total. The lowest BCUT2D eigenvalue weighted by atomic mass is 10.1. The molecule has 2 unspecified atom stereocenters. The smallest absolute Gasteiger partial charge is 0.323 e. The van der Waals surface area contributed by atoms with Crippen LogP contribution in [0, 0.1) is 0 Å². The maximum atomic E-state index is 11.7. The summed E-state index contributed by atoms with van der Waals surface area (Å²) in [4.78, 5) is 23.4. The van der Waals surface area contributed by atoms with Crippen LogP contribution in [0.5, 0.6) is 0 Å². The van der Waals surface area contributed by atoms with Gasteiger partial charge in [0.25, 0.3) is 0 Å². The van der Waals surface area contributed by atoms with Gasteiger partial charge in [0.15, 0.2) is 0 Å². The Balaban J connectivity index is 0. The van der Waals surface area contributed by atoms with Gasteiger partial charge in [-0.05, 0) is 60.8 Å². The Bertz CT molecular complexity index is 328. The molecule has 0 saturated carbocycles. The van der Waals surface area contributed by atoms with Crippen LogP contribution in [-0.4, -0.2) is 35.2 Å². The fraction of sp³-hybridized carbons (Fsp3) is 0.867. The summed E-state index contributed by atoms with van der Waals surface area (Å²) in [5.74, 6) is -0.873. The number of rotatable bonds is 6. The molecule has 0 aliphatic heterocycles. The molecule has 0 fully saturated rings. The molecule has 0 bridgehead atoms. The third-order valence-corrected chi connectivity index (χ3v) is 2.45. The van der Waals surface area contributed by atoms with Crippen LogP contribution in [0.1, 0.15) is 60.8 Å². The van der Waals surface area contributed by atoms with Crippen molar-refractivity contribution in [3.8, 4) is 0 Å². The summed E-state index contributed by atoms with van der Waals surface area (Å²) in [7, 11) is 0. The van der Waals surface area contributed by atoms with E-state index in [0.29, 0.717) is 19.3 Å². The molecule has 0 amide bonds. The molecule has 0 rings (SSSR count). The lowest BCUT2D eigenvalue weighted by Gasteiger charge is -2.23. The van der Waals surface area contributed by atoms with E-state index in [1.165, 1.54) is 0 Å². The average Bonchev–Trinajstić information content (AvgIpc) is 2.23. The van der Waals surface area contributed by atoms with Crippen molar-refractivity contribution in [1.29, 1.82) is 0 Å². The van der Waals surface area contributed by atoms with Crippen LogP contribution in [0.4, 0.5) is 0 Å². The molecular weight excluding hydrogens is 308 g/mol. The van der Waals surface area contributed by atoms with Crippen LogP contribution in [-0.2, 0) is 19.1 Å². The van der Waals surface area contributed by atoms with E-state index in [0.717, 1.165) is 0 Å². The number of nitrogens with two attached hydrogens (primary N) is 2. The minimum Gasteiger partial charge on any atom is -0.459 e. The van der Waals surface area contributed by atoms with Crippen LogP contribution in [0.15, 0.2) is 0 Å². The Kier molecular flexibility index (Phi) is 9.93. The topological polar surface area (TPSA) is 105 Å². The minimum atomic E-state index is -0.699. The Morgan fingerprint density at radius 1 is 0.818 bits per heavy atom. The first-order chi connectivity index (χ1) is 9.32. The fourth-order valence-electron chi connectivity index (χ4n) is 1.55. The van der Waals surface area contributed by atoms with E-state index in [1.54, 1.807) is 41.5 Å². The van der Waals surface area contributed by atoms with Gasteiger partial charge in [-0.3, -0.25) is 9.59 Å². The summed E-state index contributed by atoms with van der Waals surface area (Å²) >= 11 is 0. The number of carbonyl (C=O) groups is 2. The molecule has 0 heterocycles. The van der Waals surface area contributed by atoms with E-state index in [-0.39, 0.29) is 12.4 Å². The van der Waals surface area contributed by atoms with Crippen molar-refractivity contribution in [3.05, 3.63) is 0 Å². The van der Waals surface area contributed by atoms with Crippen LogP contribution in [0.2, 0.25) is 0 Å². The van der Waals surface area contributed by atoms with Gasteiger partial charge < -0.3 is 20.9 Å². The Labute approximate surface area is 139 Å². The van der Waals surface area contributed by atoms with Gasteiger partial charge in [0.2, 0.25) is 0 Å². The summed E-state index contributed by atoms with van der Waals surface area (Å²) in [6.07, 6.45) is 1.40. The monoisotopic (exact) mass is 338 g/mol. The number of ether oxygens (including phenoxy) is 2. The summed E-state index contributed by atoms with van der Waals surface area (Å²) in [6, 6.07) is -1.40. The van der Waals surface area contributed by atoms with Gasteiger partial charge in [0.1, 0.15) is 23.3 Å². The second-order valence-corrected chi connectivity index (χ2v) is 7.21. The average molecular weight is 339 g/mol. The molecule has 0 aromatic rings. The predicted octanol–water partition coefficient (Wildman–Crippen LogP) is 1.92. The second kappa shape index (κ2) is 9.33. The first-order valence-electron chi connectivity index (χ1n) is 7.29. The molecule has 0 aliphatic carbocycles. The zero-order valence-corrected chi connectivity index (χ0v) is 15.3. The normalized spacial score (nSPS) is 14.5. The highest BCUT2D eigenvalue weighted by atomic mass is 35.5. The molecule has 22 heavy (non-hydrogen) atoms. The van der Waals surface area contributed by atoms with E-state index in [2.05, 4.69) is 0 Å². The highest BCUT2D eigenvalue weighted by Gasteiger charge is 2.24. The van der Waals surface area contributed by atoms with Gasteiger partial charge in [-0.25, -0.2) is 0 Å². The number of hydrogen-bond donors (Lipinski definition) is 2. The first-order valence-corrected chi connectivity index (χ1v) is 7.29. The van der Waals surface area contributed by atoms with Crippen molar-refractivity contribution < 1.29 is 19.1 Å². The zero-order chi connectivity index (χ0) is 16.8. The number of hydrogen-bond acceptors (Lipinski definition) is 6. The van der Waals surface area contributed by atoms with Crippen molar-refractivity contribution in [1.82, 2.24) is 0 Å². The molecular formula is C15H31ClN2O4. The molecule has 132 valence electrons. The van der Waals surface area contributed by atoms with E-state index in [1.807, 2.05) is 0 Å². The third-order valence-electron chi connectivity index (χ3n) is 2.45. The molecule has 0 spiro atoms. The molecule has 0 radical (unpaired) electrons. The van der Waals surface area contributed by atoms with Crippen molar-refractivity contribution in [3.63, 3.8) is 0 Å². The van der Waals surface area contributed by atoms with E-state index in [4.69, 9.17) is 20.9 Å². The fourth-order valence-corrected chi connectivity index (χ4v) is 1.55. The minimum absolute atomic E-state index is 0. The van der Waals surface area contributed by atoms with Crippen molar-refractivity contribution in [2.24, 2.45) is 11.5 Å². The van der Waals surface area contributed by atoms with E-state index < -0.39 is 35.2 Å². The first kappa shape index (κ1) is 23.4. The van der Waals surface area contributed by atoms with Gasteiger partial charge >= 0.3 is 11.9 Å². The third kappa shape index (κ3) is 11.8. The number of carbonyl (C=O) groups excluding carboxylic acids is 2. The predicted molar refractivity (Wildman–Crippen MR) is 88.7 cm³/mol. The van der Waals surface area contributed by atoms with Crippen LogP contribution < -0.4 is 11.5 Å². The van der Waals surface area contributed by atoms with Gasteiger partial charge in [0.05, 0.1) is 0 Å². The van der Waals surface area contributed by atoms with E-state index >= 15 is 0 Å². The quantitative estimate of drug-likeness (QED) is 0.717. The Hall–Kier alpha value is -0.850. The van der Waals surface area contributed by atoms with Crippen LogP contribution in [0.25, 0.3) is 0 Å². The maximum Gasteiger partial charge on any atom is 0.323 e. The van der Waals surface area contributed by atoms with Gasteiger partial charge in [-0.2, -0.15) is 0 Å². The standard InChI is InChI=1S/C15H30N2O4.ClH/c1-14(2,3)20-12(18)10(16)8-7-9-11(17)13(19)21-15(4,5)6;/h10-11H,7-9,16-17H2,1-6H3;1H. The molecule has 0 aliphatic rings. The van der Waals surface area contributed by atoms with Gasteiger partial charge in [-0.1, -0.05) is 0 Å². The molecule has 2 atom stereocenters. The van der Waals surface area contributed by atoms with Crippen LogP contribution in [0.3, 0.4) is 0 Å². The Morgan fingerprint density at radius 2 is 1.09 bits per heavy atom. The summed E-state index contributed by atoms with van der Waals surface area (Å²) in [5.41, 5.74) is 10.4. The molecule has 0 saturated heterocycles. The highest BCUT2D eigenvalue weighted by Crippen LogP contribution is 2.12. The Morgan fingerprint density at radius 3 is 1.32 bits per heavy atom. The maximum absolute atomic E-state index is 11.7. The lowest BCUT2D eigenvalue weighted by molar-refractivity contribution is -0.157. The summed E-state index contributed by atoms with van der Waals surface area (Å²) in [6.45, 7) is 10.7. The SMILES string of the molecule is CC(C)(C)OC(=O)C(N)CCCC(N)C(=O)OC(C)(C)C.Cl. The zero-order valence-electron chi connectivity index (χ0n) is 14.5. The lowest BCUT2D eigenvalue weighted by Crippen LogP contribution is -2.39. The van der Waals surface area contributed by atoms with Gasteiger partial charge in [0, 0.05) is 0 Å². The molecule has 0 aromatic carbocycles. The molecule has 6 nitrogen and oxygen atoms in total. The van der Waals surface area contributed by atoms with Crippen molar-refractivity contribution >= 4 is 24.3 Å². The van der Waals surface area contributed by atoms with Crippen molar-refractivity contribution in [2.45, 2.75) is 84.1 Å². The van der Waals surface area contributed by atoms with E-state index in [9.17, 15) is 9.59 Å². The van der Waals surface area contributed by atoms with Crippen molar-refractivity contribution in [2.75, 3.05) is 0 Å². The molecule has 0 aromatic heterocycles. The highest BCUT2D eigenvalue weighted by molar-refractivity contribution is 5.85.